The van der Waals surface area contributed by atoms with Crippen LogP contribution in [0.1, 0.15) is 310 Å². The molecule has 2 atom stereocenters. The second-order valence-corrected chi connectivity index (χ2v) is 29.3. The van der Waals surface area contributed by atoms with Crippen LogP contribution in [0.15, 0.2) is 36.4 Å². The lowest BCUT2D eigenvalue weighted by Gasteiger charge is -2.27. The van der Waals surface area contributed by atoms with Crippen molar-refractivity contribution in [2.45, 2.75) is 324 Å². The Labute approximate surface area is 542 Å². The second-order valence-electron chi connectivity index (χ2n) is 27.7. The van der Waals surface area contributed by atoms with Crippen molar-refractivity contribution in [2.24, 2.45) is 11.8 Å². The first-order valence-electron chi connectivity index (χ1n) is 36.7. The number of unbranched alkanes of at least 4 members (excludes halogenated alkanes) is 30. The van der Waals surface area contributed by atoms with Gasteiger partial charge in [-0.2, -0.15) is 0 Å². The van der Waals surface area contributed by atoms with Gasteiger partial charge in [0.25, 0.3) is 0 Å². The van der Waals surface area contributed by atoms with E-state index in [9.17, 15) is 0 Å². The summed E-state index contributed by atoms with van der Waals surface area (Å²) in [6, 6.07) is 15.5. The summed E-state index contributed by atoms with van der Waals surface area (Å²) in [7, 11) is 0. The molecule has 7 aromatic carbocycles. The van der Waals surface area contributed by atoms with Crippen molar-refractivity contribution in [3.8, 4) is 0 Å². The molecular formula is C80H114N2S4. The summed E-state index contributed by atoms with van der Waals surface area (Å²) in [5.74, 6) is 1.13. The summed E-state index contributed by atoms with van der Waals surface area (Å²) in [4.78, 5) is 0. The Morgan fingerprint density at radius 2 is 0.512 bits per heavy atom. The zero-order valence-corrected chi connectivity index (χ0v) is 58.5. The van der Waals surface area contributed by atoms with Gasteiger partial charge >= 0.3 is 0 Å². The van der Waals surface area contributed by atoms with Gasteiger partial charge in [-0.15, -0.1) is 0 Å². The molecule has 0 N–H and O–H groups in total. The van der Waals surface area contributed by atoms with Crippen LogP contribution in [0, 0.1) is 30.4 Å². The first kappa shape index (κ1) is 67.2. The molecule has 0 aliphatic heterocycles. The van der Waals surface area contributed by atoms with Crippen LogP contribution in [-0.2, 0) is 25.9 Å². The van der Waals surface area contributed by atoms with Crippen LogP contribution in [0.5, 0.6) is 0 Å². The molecule has 468 valence electrons. The van der Waals surface area contributed by atoms with Gasteiger partial charge in [0.05, 0.1) is 0 Å². The van der Waals surface area contributed by atoms with E-state index in [0.29, 0.717) is 11.8 Å². The fourth-order valence-electron chi connectivity index (χ4n) is 16.0. The Bertz CT molecular complexity index is 3470. The average molecular weight is 1230 g/mol. The molecule has 2 aromatic heterocycles. The molecule has 6 heteroatoms. The first-order valence-corrected chi connectivity index (χ1v) is 38.3. The van der Waals surface area contributed by atoms with E-state index < -0.39 is 0 Å². The van der Waals surface area contributed by atoms with Gasteiger partial charge in [0, 0.05) is 56.2 Å². The molecule has 0 aliphatic rings. The molecule has 9 rings (SSSR count). The van der Waals surface area contributed by atoms with Crippen molar-refractivity contribution in [2.75, 3.05) is 0 Å². The fourth-order valence-corrected chi connectivity index (χ4v) is 17.5. The van der Waals surface area contributed by atoms with Gasteiger partial charge in [0.1, 0.15) is 18.6 Å². The van der Waals surface area contributed by atoms with Crippen molar-refractivity contribution in [3.63, 3.8) is 0 Å². The highest BCUT2D eigenvalue weighted by molar-refractivity contribution is 7.72. The lowest BCUT2D eigenvalue weighted by Crippen LogP contribution is -2.14. The van der Waals surface area contributed by atoms with Gasteiger partial charge in [-0.05, 0) is 142 Å². The Kier molecular flexibility index (Phi) is 26.8. The van der Waals surface area contributed by atoms with E-state index in [2.05, 4.69) is 87.1 Å². The molecule has 0 spiro atoms. The van der Waals surface area contributed by atoms with Gasteiger partial charge < -0.3 is 9.13 Å². The van der Waals surface area contributed by atoms with Crippen LogP contribution in [0.2, 0.25) is 0 Å². The summed E-state index contributed by atoms with van der Waals surface area (Å²) >= 11 is 27.7. The van der Waals surface area contributed by atoms with Crippen LogP contribution in [0.25, 0.3) is 86.2 Å². The third-order valence-electron chi connectivity index (χ3n) is 21.0. The van der Waals surface area contributed by atoms with E-state index >= 15 is 0 Å². The molecule has 9 aromatic rings. The quantitative estimate of drug-likeness (QED) is 0.0163. The molecule has 0 radical (unpaired) electrons. The molecule has 0 bridgehead atoms. The molecule has 0 saturated carbocycles. The molecule has 2 heterocycles. The van der Waals surface area contributed by atoms with E-state index in [4.69, 9.17) is 48.9 Å². The van der Waals surface area contributed by atoms with Crippen LogP contribution >= 0.6 is 48.9 Å². The molecule has 0 saturated heterocycles. The van der Waals surface area contributed by atoms with Crippen molar-refractivity contribution in [3.05, 3.63) is 66.1 Å². The maximum Gasteiger partial charge on any atom is 0.114 e. The number of pyridine rings is 2. The Morgan fingerprint density at radius 1 is 0.256 bits per heavy atom. The minimum absolute atomic E-state index is 0.567. The number of aromatic nitrogens is 2. The summed E-state index contributed by atoms with van der Waals surface area (Å²) in [5, 5.41) is 21.5. The van der Waals surface area contributed by atoms with E-state index in [1.807, 2.05) is 0 Å². The van der Waals surface area contributed by atoms with E-state index in [0.717, 1.165) is 44.5 Å². The van der Waals surface area contributed by atoms with Gasteiger partial charge in [0.15, 0.2) is 0 Å². The molecular weight excluding hydrogens is 1120 g/mol. The van der Waals surface area contributed by atoms with E-state index in [1.54, 1.807) is 0 Å². The molecule has 2 nitrogen and oxygen atoms in total. The Hall–Kier alpha value is -3.16. The predicted molar refractivity (Wildman–Crippen MR) is 395 cm³/mol. The van der Waals surface area contributed by atoms with Gasteiger partial charge in [-0.1, -0.05) is 321 Å². The highest BCUT2D eigenvalue weighted by Crippen LogP contribution is 2.54. The molecule has 0 aliphatic carbocycles. The number of aryl methyl sites for hydroxylation is 2. The van der Waals surface area contributed by atoms with Crippen molar-refractivity contribution in [1.29, 1.82) is 0 Å². The minimum atomic E-state index is 0.567. The topological polar surface area (TPSA) is 9.86 Å². The van der Waals surface area contributed by atoms with Gasteiger partial charge in [-0.3, -0.25) is 0 Å². The maximum atomic E-state index is 6.92. The summed E-state index contributed by atoms with van der Waals surface area (Å²) in [6.45, 7) is 15.8. The Balaban J connectivity index is 1.22. The average Bonchev–Trinajstić information content (AvgIpc) is 0.667. The highest BCUT2D eigenvalue weighted by atomic mass is 32.1. The molecule has 2 unspecified atom stereocenters. The van der Waals surface area contributed by atoms with Crippen molar-refractivity contribution < 1.29 is 0 Å². The third-order valence-corrected chi connectivity index (χ3v) is 22.7. The monoisotopic (exact) mass is 1230 g/mol. The molecule has 0 amide bonds. The van der Waals surface area contributed by atoms with Gasteiger partial charge in [0.2, 0.25) is 0 Å². The fraction of sp³-hybridized carbons (Fsp3) is 0.650. The lowest BCUT2D eigenvalue weighted by molar-refractivity contribution is 0.354. The smallest absolute Gasteiger partial charge is 0.114 e. The minimum Gasteiger partial charge on any atom is -0.322 e. The Morgan fingerprint density at radius 3 is 0.802 bits per heavy atom. The van der Waals surface area contributed by atoms with Crippen LogP contribution in [0.4, 0.5) is 0 Å². The lowest BCUT2D eigenvalue weighted by atomic mass is 9.77. The first-order chi connectivity index (χ1) is 42.2. The molecule has 86 heavy (non-hydrogen) atoms. The van der Waals surface area contributed by atoms with Crippen LogP contribution in [0.3, 0.4) is 0 Å². The summed E-state index contributed by atoms with van der Waals surface area (Å²) in [6.07, 6.45) is 54.7. The van der Waals surface area contributed by atoms with E-state index in [-0.39, 0.29) is 0 Å². The summed E-state index contributed by atoms with van der Waals surface area (Å²) < 4.78 is 8.76. The largest absolute Gasteiger partial charge is 0.322 e. The predicted octanol–water partition coefficient (Wildman–Crippen LogP) is 28.7. The molecule has 0 fully saturated rings. The normalized spacial score (nSPS) is 13.3. The zero-order chi connectivity index (χ0) is 60.4. The van der Waals surface area contributed by atoms with Crippen LogP contribution < -0.4 is 0 Å². The van der Waals surface area contributed by atoms with Crippen molar-refractivity contribution in [1.82, 2.24) is 9.13 Å². The van der Waals surface area contributed by atoms with Crippen LogP contribution in [-0.4, -0.2) is 9.13 Å². The van der Waals surface area contributed by atoms with Crippen molar-refractivity contribution >= 4 is 135 Å². The highest BCUT2D eigenvalue weighted by Gasteiger charge is 2.29. The number of benzene rings is 7. The van der Waals surface area contributed by atoms with E-state index in [1.165, 1.54) is 354 Å². The number of rotatable bonds is 46. The maximum absolute atomic E-state index is 6.92. The number of hydrogen-bond acceptors (Lipinski definition) is 4. The SMILES string of the molecule is CCCCCCCCCCC(CCCCCCCC)Cn1c(=S)c2cc3cc(CCCCCC)c4cc5c(=S)n(CC(CCCCCCCC)CCCCCCCCCC)c(=S)c6cc7cc(CCCCCC)c8cc(c1=S)c2c1c3c4c(c65)c7c81. The second kappa shape index (κ2) is 34.3. The van der Waals surface area contributed by atoms with Gasteiger partial charge in [-0.25, -0.2) is 0 Å². The summed E-state index contributed by atoms with van der Waals surface area (Å²) in [5.41, 5.74) is 2.93. The third kappa shape index (κ3) is 15.8. The standard InChI is InChI=1S/C80H114N2S4/c1-7-13-19-25-29-31-35-39-45-57(43-37-33-27-21-15-9-3)55-81-77(83)65-51-61-49-60(48-42-24-18-12-6)64-54-68-72-66(78(84)82(80(68)86)56-58(44-38-34-28-22-16-10-4)46-40-36-32-30-26-20-14-8-2)52-62-50-59(47-41-23-17-11-5)63-53-67(79(81)85)71(65)75-69(61)74(64)76(72)70(62)73(63)75/h49-54,57-58H,7-48,55-56H2,1-6H3. The zero-order valence-electron chi connectivity index (χ0n) is 55.3. The number of nitrogens with zero attached hydrogens (tertiary/aromatic N) is 2. The number of hydrogen-bond donors (Lipinski definition) is 0.